The molecule has 1 saturated carbocycles. The largest absolute Gasteiger partial charge is 0.477 e. The van der Waals surface area contributed by atoms with Crippen LogP contribution in [0.25, 0.3) is 0 Å². The predicted molar refractivity (Wildman–Crippen MR) is 73.3 cm³/mol. The van der Waals surface area contributed by atoms with E-state index >= 15 is 0 Å². The minimum Gasteiger partial charge on any atom is -0.477 e. The molecule has 0 radical (unpaired) electrons. The third-order valence-corrected chi connectivity index (χ3v) is 4.27. The molecule has 2 unspecified atom stereocenters. The van der Waals surface area contributed by atoms with E-state index in [0.717, 1.165) is 13.1 Å². The number of anilines is 2. The average Bonchev–Trinajstić information content (AvgIpc) is 2.38. The van der Waals surface area contributed by atoms with Crippen molar-refractivity contribution in [3.8, 4) is 0 Å². The number of nitrogens with two attached hydrogens (primary N) is 1. The van der Waals surface area contributed by atoms with Crippen molar-refractivity contribution in [2.75, 3.05) is 23.7 Å². The van der Waals surface area contributed by atoms with E-state index in [0.29, 0.717) is 23.3 Å². The molecule has 0 aromatic carbocycles. The average molecular weight is 261 g/mol. The van der Waals surface area contributed by atoms with E-state index in [1.807, 2.05) is 0 Å². The summed E-state index contributed by atoms with van der Waals surface area (Å²) in [5, 5.41) is 9.04. The van der Waals surface area contributed by atoms with Crippen molar-refractivity contribution in [3.05, 3.63) is 17.8 Å². The smallest absolute Gasteiger partial charge is 0.354 e. The van der Waals surface area contributed by atoms with Crippen LogP contribution in [-0.4, -0.2) is 29.1 Å². The number of hydrogen-bond donors (Lipinski definition) is 2. The predicted octanol–water partition coefficient (Wildman–Crippen LogP) is 1.99. The summed E-state index contributed by atoms with van der Waals surface area (Å²) in [6.07, 6.45) is 5.16. The van der Waals surface area contributed by atoms with Crippen LogP contribution in [0, 0.1) is 11.8 Å². The van der Waals surface area contributed by atoms with Gasteiger partial charge in [-0.1, -0.05) is 6.42 Å². The summed E-state index contributed by atoms with van der Waals surface area (Å²) in [7, 11) is 0. The maximum atomic E-state index is 11.0. The molecule has 2 heterocycles. The highest BCUT2D eigenvalue weighted by Crippen LogP contribution is 2.37. The Morgan fingerprint density at radius 3 is 2.63 bits per heavy atom. The van der Waals surface area contributed by atoms with Crippen LogP contribution in [0.2, 0.25) is 0 Å². The number of piperidine rings is 1. The van der Waals surface area contributed by atoms with E-state index in [4.69, 9.17) is 10.8 Å². The van der Waals surface area contributed by atoms with Gasteiger partial charge in [-0.05, 0) is 43.2 Å². The number of pyridine rings is 1. The second-order valence-corrected chi connectivity index (χ2v) is 5.72. The Bertz CT molecular complexity index is 491. The second kappa shape index (κ2) is 4.72. The molecule has 1 aromatic heterocycles. The van der Waals surface area contributed by atoms with Gasteiger partial charge in [0, 0.05) is 13.1 Å². The van der Waals surface area contributed by atoms with Crippen LogP contribution >= 0.6 is 0 Å². The van der Waals surface area contributed by atoms with Crippen molar-refractivity contribution < 1.29 is 9.90 Å². The number of hydrogen-bond acceptors (Lipinski definition) is 4. The molecular weight excluding hydrogens is 242 g/mol. The molecule has 5 heteroatoms. The van der Waals surface area contributed by atoms with E-state index in [2.05, 4.69) is 9.88 Å². The van der Waals surface area contributed by atoms with Crippen LogP contribution in [0.5, 0.6) is 0 Å². The van der Waals surface area contributed by atoms with E-state index in [1.54, 1.807) is 6.07 Å². The Kier molecular flexibility index (Phi) is 3.05. The monoisotopic (exact) mass is 261 g/mol. The maximum absolute atomic E-state index is 11.0. The lowest BCUT2D eigenvalue weighted by atomic mass is 9.78. The van der Waals surface area contributed by atoms with Gasteiger partial charge in [-0.3, -0.25) is 0 Å². The van der Waals surface area contributed by atoms with Gasteiger partial charge >= 0.3 is 5.97 Å². The fourth-order valence-electron chi connectivity index (χ4n) is 3.44. The molecule has 2 bridgehead atoms. The zero-order valence-electron chi connectivity index (χ0n) is 10.9. The second-order valence-electron chi connectivity index (χ2n) is 5.72. The molecule has 0 spiro atoms. The molecule has 0 amide bonds. The summed E-state index contributed by atoms with van der Waals surface area (Å²) in [5.74, 6) is 1.07. The van der Waals surface area contributed by atoms with Gasteiger partial charge in [-0.15, -0.1) is 0 Å². The van der Waals surface area contributed by atoms with Gasteiger partial charge in [0.25, 0.3) is 0 Å². The summed E-state index contributed by atoms with van der Waals surface area (Å²) in [6.45, 7) is 1.91. The Labute approximate surface area is 112 Å². The highest BCUT2D eigenvalue weighted by atomic mass is 16.4. The number of aromatic carboxylic acids is 1. The normalized spacial score (nSPS) is 26.2. The highest BCUT2D eigenvalue weighted by molar-refractivity contribution is 5.87. The number of aromatic nitrogens is 1. The molecule has 1 saturated heterocycles. The quantitative estimate of drug-likeness (QED) is 0.851. The van der Waals surface area contributed by atoms with Gasteiger partial charge in [0.05, 0.1) is 5.69 Å². The van der Waals surface area contributed by atoms with Crippen LogP contribution in [-0.2, 0) is 0 Å². The summed E-state index contributed by atoms with van der Waals surface area (Å²) in [5.41, 5.74) is 6.62. The third-order valence-electron chi connectivity index (χ3n) is 4.27. The molecule has 2 aliphatic rings. The van der Waals surface area contributed by atoms with Crippen molar-refractivity contribution in [3.63, 3.8) is 0 Å². The maximum Gasteiger partial charge on any atom is 0.354 e. The molecule has 3 rings (SSSR count). The first-order valence-electron chi connectivity index (χ1n) is 6.88. The Morgan fingerprint density at radius 2 is 2.00 bits per heavy atom. The molecule has 2 atom stereocenters. The standard InChI is InChI=1S/C14H19N3O2/c15-11-4-5-12(14(18)19)16-13(11)17-7-9-2-1-3-10(6-9)8-17/h4-5,9-10H,1-3,6-8,15H2,(H,18,19). The van der Waals surface area contributed by atoms with Gasteiger partial charge in [-0.2, -0.15) is 0 Å². The number of carboxylic acid groups (broad SMARTS) is 1. The van der Waals surface area contributed by atoms with Gasteiger partial charge < -0.3 is 15.7 Å². The van der Waals surface area contributed by atoms with Crippen LogP contribution < -0.4 is 10.6 Å². The number of fused-ring (bicyclic) bond motifs is 2. The minimum absolute atomic E-state index is 0.0694. The van der Waals surface area contributed by atoms with Crippen molar-refractivity contribution in [2.45, 2.75) is 25.7 Å². The molecule has 5 nitrogen and oxygen atoms in total. The van der Waals surface area contributed by atoms with Crippen LogP contribution in [0.15, 0.2) is 12.1 Å². The fraction of sp³-hybridized carbons (Fsp3) is 0.571. The fourth-order valence-corrected chi connectivity index (χ4v) is 3.44. The lowest BCUT2D eigenvalue weighted by molar-refractivity contribution is 0.0690. The topological polar surface area (TPSA) is 79.5 Å². The van der Waals surface area contributed by atoms with E-state index in [-0.39, 0.29) is 5.69 Å². The SMILES string of the molecule is Nc1ccc(C(=O)O)nc1N1CC2CCCC(C2)C1. The van der Waals surface area contributed by atoms with Gasteiger partial charge in [0.1, 0.15) is 0 Å². The summed E-state index contributed by atoms with van der Waals surface area (Å²) >= 11 is 0. The number of rotatable bonds is 2. The molecule has 102 valence electrons. The summed E-state index contributed by atoms with van der Waals surface area (Å²) in [4.78, 5) is 17.4. The van der Waals surface area contributed by atoms with Crippen LogP contribution in [0.1, 0.15) is 36.2 Å². The Hall–Kier alpha value is -1.78. The number of nitrogens with zero attached hydrogens (tertiary/aromatic N) is 2. The van der Waals surface area contributed by atoms with E-state index in [9.17, 15) is 4.79 Å². The zero-order chi connectivity index (χ0) is 13.4. The van der Waals surface area contributed by atoms with Crippen LogP contribution in [0.4, 0.5) is 11.5 Å². The molecule has 1 aromatic rings. The van der Waals surface area contributed by atoms with Gasteiger partial charge in [0.2, 0.25) is 0 Å². The molecule has 2 fully saturated rings. The summed E-state index contributed by atoms with van der Waals surface area (Å²) in [6, 6.07) is 3.11. The van der Waals surface area contributed by atoms with Gasteiger partial charge in [-0.25, -0.2) is 9.78 Å². The zero-order valence-corrected chi connectivity index (χ0v) is 10.9. The molecular formula is C14H19N3O2. The lowest BCUT2D eigenvalue weighted by Gasteiger charge is -2.42. The minimum atomic E-state index is -1.00. The van der Waals surface area contributed by atoms with Gasteiger partial charge in [0.15, 0.2) is 11.5 Å². The first-order valence-corrected chi connectivity index (χ1v) is 6.88. The number of carboxylic acids is 1. The number of carbonyl (C=O) groups is 1. The van der Waals surface area contributed by atoms with Crippen LogP contribution in [0.3, 0.4) is 0 Å². The Balaban J connectivity index is 1.88. The third kappa shape index (κ3) is 2.37. The van der Waals surface area contributed by atoms with E-state index in [1.165, 1.54) is 31.7 Å². The molecule has 1 aliphatic carbocycles. The first kappa shape index (κ1) is 12.3. The summed E-state index contributed by atoms with van der Waals surface area (Å²) < 4.78 is 0. The lowest BCUT2D eigenvalue weighted by Crippen LogP contribution is -2.43. The highest BCUT2D eigenvalue weighted by Gasteiger charge is 2.31. The molecule has 1 aliphatic heterocycles. The van der Waals surface area contributed by atoms with Crippen molar-refractivity contribution >= 4 is 17.5 Å². The van der Waals surface area contributed by atoms with Crippen molar-refractivity contribution in [2.24, 2.45) is 11.8 Å². The van der Waals surface area contributed by atoms with Crippen molar-refractivity contribution in [1.82, 2.24) is 4.98 Å². The molecule has 3 N–H and O–H groups in total. The number of nitrogen functional groups attached to an aromatic ring is 1. The Morgan fingerprint density at radius 1 is 1.32 bits per heavy atom. The molecule has 19 heavy (non-hydrogen) atoms. The van der Waals surface area contributed by atoms with Crippen molar-refractivity contribution in [1.29, 1.82) is 0 Å². The van der Waals surface area contributed by atoms with E-state index < -0.39 is 5.97 Å². The first-order chi connectivity index (χ1) is 9.13.